The molecule has 25 heavy (non-hydrogen) atoms. The molecule has 1 heterocycles. The van der Waals surface area contributed by atoms with Gasteiger partial charge in [0.2, 0.25) is 0 Å². The summed E-state index contributed by atoms with van der Waals surface area (Å²) in [5, 5.41) is 5.79. The summed E-state index contributed by atoms with van der Waals surface area (Å²) in [6.45, 7) is 0.0374. The Labute approximate surface area is 158 Å². The standard InChI is InChI=1S/C15H14Cl3F2N3O2/c1-22-7-10(14(19)20)13(21-22)15(24)23(25-2)4-3-9-11(17)5-8(16)6-12(9)18/h5-7,14H,3-4H2,1-2H3. The molecule has 0 aliphatic carbocycles. The lowest BCUT2D eigenvalue weighted by molar-refractivity contribution is -0.0947. The van der Waals surface area contributed by atoms with Crippen molar-refractivity contribution >= 4 is 40.7 Å². The highest BCUT2D eigenvalue weighted by atomic mass is 35.5. The van der Waals surface area contributed by atoms with Gasteiger partial charge in [-0.15, -0.1) is 0 Å². The fourth-order valence-electron chi connectivity index (χ4n) is 2.25. The lowest BCUT2D eigenvalue weighted by atomic mass is 10.1. The molecule has 5 nitrogen and oxygen atoms in total. The minimum Gasteiger partial charge on any atom is -0.275 e. The Morgan fingerprint density at radius 2 is 1.92 bits per heavy atom. The average Bonchev–Trinajstić information content (AvgIpc) is 2.91. The third-order valence-electron chi connectivity index (χ3n) is 3.41. The Morgan fingerprint density at radius 1 is 1.32 bits per heavy atom. The zero-order chi connectivity index (χ0) is 18.7. The molecule has 0 saturated heterocycles. The zero-order valence-electron chi connectivity index (χ0n) is 13.3. The fourth-order valence-corrected chi connectivity index (χ4v) is 3.26. The molecule has 1 aromatic carbocycles. The third kappa shape index (κ3) is 4.61. The van der Waals surface area contributed by atoms with Gasteiger partial charge in [-0.25, -0.2) is 13.8 Å². The molecule has 0 aliphatic rings. The third-order valence-corrected chi connectivity index (χ3v) is 4.31. The lowest BCUT2D eigenvalue weighted by Crippen LogP contribution is -2.33. The molecule has 0 aliphatic heterocycles. The first-order valence-corrected chi connectivity index (χ1v) is 8.19. The number of alkyl halides is 2. The number of amides is 1. The van der Waals surface area contributed by atoms with Crippen LogP contribution in [-0.4, -0.2) is 34.4 Å². The maximum absolute atomic E-state index is 13.1. The molecular formula is C15H14Cl3F2N3O2. The van der Waals surface area contributed by atoms with Crippen LogP contribution in [0.3, 0.4) is 0 Å². The first kappa shape index (κ1) is 19.9. The minimum absolute atomic E-state index is 0.0374. The van der Waals surface area contributed by atoms with E-state index in [1.807, 2.05) is 0 Å². The topological polar surface area (TPSA) is 47.4 Å². The van der Waals surface area contributed by atoms with E-state index < -0.39 is 17.9 Å². The molecule has 0 atom stereocenters. The molecule has 0 N–H and O–H groups in total. The normalized spacial score (nSPS) is 11.2. The Hall–Kier alpha value is -1.41. The molecule has 1 aromatic heterocycles. The second-order valence-corrected chi connectivity index (χ2v) is 6.35. The SMILES string of the molecule is CON(CCc1c(Cl)cc(Cl)cc1Cl)C(=O)c1nn(C)cc1C(F)F. The van der Waals surface area contributed by atoms with E-state index in [9.17, 15) is 13.6 Å². The Kier molecular flexibility index (Phi) is 6.62. The summed E-state index contributed by atoms with van der Waals surface area (Å²) in [6, 6.07) is 3.05. The largest absolute Gasteiger partial charge is 0.298 e. The van der Waals surface area contributed by atoms with Gasteiger partial charge in [0.15, 0.2) is 5.69 Å². The number of carbonyl (C=O) groups excluding carboxylic acids is 1. The Balaban J connectivity index is 2.19. The van der Waals surface area contributed by atoms with Gasteiger partial charge < -0.3 is 0 Å². The number of benzene rings is 1. The van der Waals surface area contributed by atoms with E-state index in [2.05, 4.69) is 5.10 Å². The quantitative estimate of drug-likeness (QED) is 0.653. The van der Waals surface area contributed by atoms with Crippen LogP contribution in [-0.2, 0) is 18.3 Å². The van der Waals surface area contributed by atoms with E-state index in [0.717, 1.165) is 15.9 Å². The highest BCUT2D eigenvalue weighted by Crippen LogP contribution is 2.30. The predicted molar refractivity (Wildman–Crippen MR) is 91.4 cm³/mol. The lowest BCUT2D eigenvalue weighted by Gasteiger charge is -2.20. The molecule has 0 bridgehead atoms. The summed E-state index contributed by atoms with van der Waals surface area (Å²) in [6.07, 6.45) is -1.49. The molecular weight excluding hydrogens is 399 g/mol. The molecule has 2 rings (SSSR count). The summed E-state index contributed by atoms with van der Waals surface area (Å²) in [5.74, 6) is -0.778. The number of hydroxylamine groups is 2. The van der Waals surface area contributed by atoms with Gasteiger partial charge >= 0.3 is 0 Å². The van der Waals surface area contributed by atoms with E-state index in [1.165, 1.54) is 26.3 Å². The van der Waals surface area contributed by atoms with Crippen molar-refractivity contribution < 1.29 is 18.4 Å². The number of hydrogen-bond donors (Lipinski definition) is 0. The van der Waals surface area contributed by atoms with Crippen molar-refractivity contribution in [2.75, 3.05) is 13.7 Å². The fraction of sp³-hybridized carbons (Fsp3) is 0.333. The molecule has 1 amide bonds. The number of nitrogens with zero attached hydrogens (tertiary/aromatic N) is 3. The molecule has 0 unspecified atom stereocenters. The monoisotopic (exact) mass is 411 g/mol. The second-order valence-electron chi connectivity index (χ2n) is 5.10. The first-order chi connectivity index (χ1) is 11.7. The van der Waals surface area contributed by atoms with E-state index in [-0.39, 0.29) is 18.7 Å². The second kappa shape index (κ2) is 8.31. The highest BCUT2D eigenvalue weighted by molar-refractivity contribution is 6.39. The van der Waals surface area contributed by atoms with Crippen LogP contribution in [0.2, 0.25) is 15.1 Å². The van der Waals surface area contributed by atoms with Gasteiger partial charge in [0.25, 0.3) is 12.3 Å². The maximum atomic E-state index is 13.1. The molecule has 0 fully saturated rings. The molecule has 0 radical (unpaired) electrons. The number of carbonyl (C=O) groups is 1. The van der Waals surface area contributed by atoms with Crippen LogP contribution < -0.4 is 0 Å². The first-order valence-electron chi connectivity index (χ1n) is 7.05. The summed E-state index contributed by atoms with van der Waals surface area (Å²) >= 11 is 18.1. The van der Waals surface area contributed by atoms with Crippen LogP contribution in [0, 0.1) is 0 Å². The van der Waals surface area contributed by atoms with Gasteiger partial charge in [-0.05, 0) is 24.1 Å². The molecule has 2 aromatic rings. The van der Waals surface area contributed by atoms with E-state index in [1.54, 1.807) is 0 Å². The van der Waals surface area contributed by atoms with Gasteiger partial charge in [-0.3, -0.25) is 14.3 Å². The predicted octanol–water partition coefficient (Wildman–Crippen LogP) is 4.56. The number of aryl methyl sites for hydroxylation is 1. The van der Waals surface area contributed by atoms with E-state index in [4.69, 9.17) is 39.6 Å². The maximum Gasteiger partial charge on any atom is 0.298 e. The zero-order valence-corrected chi connectivity index (χ0v) is 15.5. The smallest absolute Gasteiger partial charge is 0.275 e. The van der Waals surface area contributed by atoms with Crippen LogP contribution in [0.15, 0.2) is 18.3 Å². The van der Waals surface area contributed by atoms with Crippen molar-refractivity contribution in [3.8, 4) is 0 Å². The summed E-state index contributed by atoms with van der Waals surface area (Å²) in [4.78, 5) is 17.5. The average molecular weight is 413 g/mol. The van der Waals surface area contributed by atoms with Gasteiger partial charge in [0.05, 0.1) is 19.2 Å². The van der Waals surface area contributed by atoms with Crippen LogP contribution in [0.5, 0.6) is 0 Å². The molecule has 136 valence electrons. The number of hydrogen-bond acceptors (Lipinski definition) is 3. The van der Waals surface area contributed by atoms with Gasteiger partial charge in [0, 0.05) is 28.3 Å². The van der Waals surface area contributed by atoms with Crippen molar-refractivity contribution in [1.29, 1.82) is 0 Å². The highest BCUT2D eigenvalue weighted by Gasteiger charge is 2.27. The molecule has 10 heteroatoms. The summed E-state index contributed by atoms with van der Waals surface area (Å²) in [7, 11) is 2.71. The minimum atomic E-state index is -2.83. The Bertz CT molecular complexity index is 760. The summed E-state index contributed by atoms with van der Waals surface area (Å²) < 4.78 is 27.2. The Morgan fingerprint density at radius 3 is 2.44 bits per heavy atom. The van der Waals surface area contributed by atoms with Gasteiger partial charge in [-0.2, -0.15) is 5.10 Å². The number of halogens is 5. The van der Waals surface area contributed by atoms with Crippen molar-refractivity contribution in [3.05, 3.63) is 50.2 Å². The van der Waals surface area contributed by atoms with Crippen LogP contribution in [0.4, 0.5) is 8.78 Å². The van der Waals surface area contributed by atoms with Crippen LogP contribution in [0.1, 0.15) is 28.0 Å². The van der Waals surface area contributed by atoms with Crippen molar-refractivity contribution in [1.82, 2.24) is 14.8 Å². The molecule has 0 saturated carbocycles. The van der Waals surface area contributed by atoms with Crippen molar-refractivity contribution in [2.45, 2.75) is 12.8 Å². The van der Waals surface area contributed by atoms with Gasteiger partial charge in [-0.1, -0.05) is 34.8 Å². The van der Waals surface area contributed by atoms with E-state index in [0.29, 0.717) is 20.6 Å². The summed E-state index contributed by atoms with van der Waals surface area (Å²) in [5.41, 5.74) is -0.262. The van der Waals surface area contributed by atoms with Crippen molar-refractivity contribution in [2.24, 2.45) is 7.05 Å². The molecule has 0 spiro atoms. The van der Waals surface area contributed by atoms with Crippen LogP contribution >= 0.6 is 34.8 Å². The van der Waals surface area contributed by atoms with Gasteiger partial charge in [0.1, 0.15) is 0 Å². The van der Waals surface area contributed by atoms with Crippen LogP contribution in [0.25, 0.3) is 0 Å². The number of aromatic nitrogens is 2. The van der Waals surface area contributed by atoms with Crippen molar-refractivity contribution in [3.63, 3.8) is 0 Å². The van der Waals surface area contributed by atoms with E-state index >= 15 is 0 Å². The number of rotatable bonds is 6.